The molecule has 0 unspecified atom stereocenters. The molecule has 1 aromatic rings. The molecule has 118 valence electrons. The van der Waals surface area contributed by atoms with Gasteiger partial charge in [0.1, 0.15) is 4.90 Å². The first-order valence-electron chi connectivity index (χ1n) is 7.16. The fourth-order valence-corrected chi connectivity index (χ4v) is 3.82. The summed E-state index contributed by atoms with van der Waals surface area (Å²) in [5.74, 6) is 0. The third-order valence-electron chi connectivity index (χ3n) is 3.38. The minimum Gasteiger partial charge on any atom is -0.378 e. The Bertz CT molecular complexity index is 545. The van der Waals surface area contributed by atoms with E-state index >= 15 is 0 Å². The number of sulfonamides is 1. The Kier molecular flexibility index (Phi) is 6.44. The van der Waals surface area contributed by atoms with Gasteiger partial charge in [-0.2, -0.15) is 0 Å². The Balaban J connectivity index is 1.71. The molecule has 2 N–H and O–H groups in total. The number of halogens is 1. The monoisotopic (exact) mass is 332 g/mol. The summed E-state index contributed by atoms with van der Waals surface area (Å²) in [6.45, 7) is 2.89. The van der Waals surface area contributed by atoms with Crippen LogP contribution in [-0.4, -0.2) is 40.8 Å². The van der Waals surface area contributed by atoms with Crippen molar-refractivity contribution in [2.24, 2.45) is 0 Å². The van der Waals surface area contributed by atoms with Crippen molar-refractivity contribution < 1.29 is 13.2 Å². The molecule has 2 rings (SSSR count). The molecule has 0 bridgehead atoms. The number of benzene rings is 1. The second-order valence-corrected chi connectivity index (χ2v) is 7.14. The van der Waals surface area contributed by atoms with Gasteiger partial charge >= 0.3 is 0 Å². The van der Waals surface area contributed by atoms with Gasteiger partial charge in [-0.05, 0) is 44.5 Å². The molecular formula is C14H21ClN2O3S. The lowest BCUT2D eigenvalue weighted by molar-refractivity contribution is 0.0322. The molecular weight excluding hydrogens is 312 g/mol. The minimum atomic E-state index is -3.54. The molecule has 0 amide bonds. The van der Waals surface area contributed by atoms with E-state index in [1.807, 2.05) is 0 Å². The first-order chi connectivity index (χ1) is 10.1. The third-order valence-corrected chi connectivity index (χ3v) is 5.34. The van der Waals surface area contributed by atoms with Crippen molar-refractivity contribution in [2.45, 2.75) is 30.3 Å². The number of nitrogens with one attached hydrogen (secondary N) is 2. The van der Waals surface area contributed by atoms with Crippen LogP contribution in [0.2, 0.25) is 5.02 Å². The maximum atomic E-state index is 12.1. The van der Waals surface area contributed by atoms with Gasteiger partial charge < -0.3 is 10.1 Å². The van der Waals surface area contributed by atoms with Crippen LogP contribution >= 0.6 is 11.6 Å². The van der Waals surface area contributed by atoms with E-state index < -0.39 is 10.0 Å². The SMILES string of the molecule is O=S(=O)(NCCCOC1CCNCC1)c1ccccc1Cl. The van der Waals surface area contributed by atoms with Crippen LogP contribution in [0.5, 0.6) is 0 Å². The summed E-state index contributed by atoms with van der Waals surface area (Å²) in [5.41, 5.74) is 0. The second kappa shape index (κ2) is 8.10. The quantitative estimate of drug-likeness (QED) is 0.747. The zero-order chi connectivity index (χ0) is 15.1. The van der Waals surface area contributed by atoms with Crippen LogP contribution in [0.25, 0.3) is 0 Å². The lowest BCUT2D eigenvalue weighted by atomic mass is 10.1. The summed E-state index contributed by atoms with van der Waals surface area (Å²) in [6.07, 6.45) is 2.98. The number of hydrogen-bond donors (Lipinski definition) is 2. The Morgan fingerprint density at radius 2 is 2.00 bits per heavy atom. The van der Waals surface area contributed by atoms with Crippen molar-refractivity contribution in [3.05, 3.63) is 29.3 Å². The highest BCUT2D eigenvalue weighted by molar-refractivity contribution is 7.89. The summed E-state index contributed by atoms with van der Waals surface area (Å²) < 4.78 is 32.4. The molecule has 1 aliphatic rings. The molecule has 7 heteroatoms. The van der Waals surface area contributed by atoms with Crippen LogP contribution in [0.15, 0.2) is 29.2 Å². The molecule has 1 aliphatic heterocycles. The molecule has 0 atom stereocenters. The Labute approximate surface area is 131 Å². The lowest BCUT2D eigenvalue weighted by Gasteiger charge is -2.22. The Morgan fingerprint density at radius 3 is 2.71 bits per heavy atom. The predicted molar refractivity (Wildman–Crippen MR) is 83.1 cm³/mol. The maximum absolute atomic E-state index is 12.1. The maximum Gasteiger partial charge on any atom is 0.242 e. The van der Waals surface area contributed by atoms with Gasteiger partial charge in [-0.25, -0.2) is 13.1 Å². The van der Waals surface area contributed by atoms with Crippen LogP contribution < -0.4 is 10.0 Å². The number of ether oxygens (including phenoxy) is 1. The van der Waals surface area contributed by atoms with Crippen LogP contribution in [0, 0.1) is 0 Å². The van der Waals surface area contributed by atoms with Crippen molar-refractivity contribution in [2.75, 3.05) is 26.2 Å². The number of rotatable bonds is 7. The molecule has 0 spiro atoms. The zero-order valence-corrected chi connectivity index (χ0v) is 13.4. The van der Waals surface area contributed by atoms with E-state index in [2.05, 4.69) is 10.0 Å². The molecule has 0 saturated carbocycles. The summed E-state index contributed by atoms with van der Waals surface area (Å²) in [7, 11) is -3.54. The summed E-state index contributed by atoms with van der Waals surface area (Å²) >= 11 is 5.90. The van der Waals surface area contributed by atoms with E-state index in [1.54, 1.807) is 18.2 Å². The van der Waals surface area contributed by atoms with Crippen molar-refractivity contribution in [3.8, 4) is 0 Å². The third kappa shape index (κ3) is 5.23. The fraction of sp³-hybridized carbons (Fsp3) is 0.571. The molecule has 5 nitrogen and oxygen atoms in total. The lowest BCUT2D eigenvalue weighted by Crippen LogP contribution is -2.33. The van der Waals surface area contributed by atoms with E-state index in [1.165, 1.54) is 6.07 Å². The Morgan fingerprint density at radius 1 is 1.29 bits per heavy atom. The average Bonchev–Trinajstić information content (AvgIpc) is 2.48. The summed E-state index contributed by atoms with van der Waals surface area (Å²) in [4.78, 5) is 0.117. The fourth-order valence-electron chi connectivity index (χ4n) is 2.23. The van der Waals surface area contributed by atoms with Crippen molar-refractivity contribution in [3.63, 3.8) is 0 Å². The van der Waals surface area contributed by atoms with Gasteiger partial charge in [0.25, 0.3) is 0 Å². The first kappa shape index (κ1) is 16.7. The van der Waals surface area contributed by atoms with Crippen LogP contribution in [0.1, 0.15) is 19.3 Å². The van der Waals surface area contributed by atoms with Gasteiger partial charge in [-0.3, -0.25) is 0 Å². The van der Waals surface area contributed by atoms with Gasteiger partial charge in [-0.15, -0.1) is 0 Å². The molecule has 1 saturated heterocycles. The molecule has 0 aromatic heterocycles. The van der Waals surface area contributed by atoms with Crippen LogP contribution in [0.3, 0.4) is 0 Å². The topological polar surface area (TPSA) is 67.4 Å². The normalized spacial score (nSPS) is 17.0. The Hall–Kier alpha value is -0.660. The standard InChI is InChI=1S/C14H21ClN2O3S/c15-13-4-1-2-5-14(13)21(18,19)17-8-3-11-20-12-6-9-16-10-7-12/h1-2,4-5,12,16-17H,3,6-11H2. The van der Waals surface area contributed by atoms with Crippen molar-refractivity contribution in [1.82, 2.24) is 10.0 Å². The van der Waals surface area contributed by atoms with Gasteiger partial charge in [0.2, 0.25) is 10.0 Å². The summed E-state index contributed by atoms with van der Waals surface area (Å²) in [6, 6.07) is 6.42. The summed E-state index contributed by atoms with van der Waals surface area (Å²) in [5, 5.41) is 3.51. The first-order valence-corrected chi connectivity index (χ1v) is 9.02. The second-order valence-electron chi connectivity index (χ2n) is 5.00. The molecule has 1 heterocycles. The van der Waals surface area contributed by atoms with Gasteiger partial charge in [0.05, 0.1) is 11.1 Å². The predicted octanol–water partition coefficient (Wildman–Crippen LogP) is 1.78. The van der Waals surface area contributed by atoms with Crippen molar-refractivity contribution >= 4 is 21.6 Å². The smallest absolute Gasteiger partial charge is 0.242 e. The van der Waals surface area contributed by atoms with E-state index in [4.69, 9.17) is 16.3 Å². The van der Waals surface area contributed by atoms with Gasteiger partial charge in [0, 0.05) is 13.2 Å². The minimum absolute atomic E-state index is 0.117. The van der Waals surface area contributed by atoms with E-state index in [0.717, 1.165) is 25.9 Å². The molecule has 1 fully saturated rings. The molecule has 21 heavy (non-hydrogen) atoms. The molecule has 0 aliphatic carbocycles. The van der Waals surface area contributed by atoms with E-state index in [0.29, 0.717) is 25.7 Å². The zero-order valence-electron chi connectivity index (χ0n) is 11.8. The van der Waals surface area contributed by atoms with Crippen molar-refractivity contribution in [1.29, 1.82) is 0 Å². The highest BCUT2D eigenvalue weighted by Gasteiger charge is 2.17. The highest BCUT2D eigenvalue weighted by Crippen LogP contribution is 2.19. The molecule has 0 radical (unpaired) electrons. The van der Waals surface area contributed by atoms with Gasteiger partial charge in [-0.1, -0.05) is 23.7 Å². The van der Waals surface area contributed by atoms with Crippen LogP contribution in [0.4, 0.5) is 0 Å². The van der Waals surface area contributed by atoms with E-state index in [9.17, 15) is 8.42 Å². The number of piperidine rings is 1. The van der Waals surface area contributed by atoms with E-state index in [-0.39, 0.29) is 9.92 Å². The highest BCUT2D eigenvalue weighted by atomic mass is 35.5. The largest absolute Gasteiger partial charge is 0.378 e. The number of hydrogen-bond acceptors (Lipinski definition) is 4. The van der Waals surface area contributed by atoms with Gasteiger partial charge in [0.15, 0.2) is 0 Å². The van der Waals surface area contributed by atoms with Crippen LogP contribution in [-0.2, 0) is 14.8 Å². The average molecular weight is 333 g/mol. The molecule has 1 aromatic carbocycles.